The van der Waals surface area contributed by atoms with Gasteiger partial charge in [0.05, 0.1) is 31.0 Å². The fraction of sp³-hybridized carbons (Fsp3) is 0.528. The molecule has 286 valence electrons. The normalized spacial score (nSPS) is 15.7. The molecule has 1 aliphatic heterocycles. The Hall–Kier alpha value is -4.83. The number of amides is 5. The van der Waals surface area contributed by atoms with Crippen LogP contribution in [0.15, 0.2) is 36.4 Å². The largest absolute Gasteiger partial charge is 0.504 e. The summed E-state index contributed by atoms with van der Waals surface area (Å²) in [6, 6.07) is 8.00. The van der Waals surface area contributed by atoms with Gasteiger partial charge in [-0.1, -0.05) is 46.8 Å². The van der Waals surface area contributed by atoms with Crippen LogP contribution >= 0.6 is 0 Å². The molecule has 15 nitrogen and oxygen atoms in total. The van der Waals surface area contributed by atoms with Gasteiger partial charge in [-0.2, -0.15) is 0 Å². The molecule has 3 atom stereocenters. The molecule has 2 aromatic carbocycles. The molecule has 6 N–H and O–H groups in total. The fourth-order valence-corrected chi connectivity index (χ4v) is 6.21. The Kier molecular flexibility index (Phi) is 14.1. The van der Waals surface area contributed by atoms with Crippen molar-refractivity contribution >= 4 is 49.6 Å². The van der Waals surface area contributed by atoms with Gasteiger partial charge in [0.1, 0.15) is 12.6 Å². The molecule has 0 saturated carbocycles. The van der Waals surface area contributed by atoms with Gasteiger partial charge in [-0.05, 0) is 67.6 Å². The maximum atomic E-state index is 13.9. The van der Waals surface area contributed by atoms with Gasteiger partial charge in [0.25, 0.3) is 11.8 Å². The van der Waals surface area contributed by atoms with Crippen molar-refractivity contribution in [1.82, 2.24) is 10.2 Å². The fourth-order valence-electron chi connectivity index (χ4n) is 5.17. The second-order valence-electron chi connectivity index (χ2n) is 14.7. The molecule has 1 heterocycles. The Balaban J connectivity index is 1.62. The summed E-state index contributed by atoms with van der Waals surface area (Å²) in [6.45, 7) is 16.4. The predicted octanol–water partition coefficient (Wildman–Crippen LogP) is 5.34. The lowest BCUT2D eigenvalue weighted by molar-refractivity contribution is -0.134. The second-order valence-corrected chi connectivity index (χ2v) is 19.5. The van der Waals surface area contributed by atoms with Gasteiger partial charge in [0.2, 0.25) is 5.91 Å². The van der Waals surface area contributed by atoms with Gasteiger partial charge >= 0.3 is 12.2 Å². The lowest BCUT2D eigenvalue weighted by Gasteiger charge is -2.38. The third kappa shape index (κ3) is 11.1. The van der Waals surface area contributed by atoms with Crippen LogP contribution in [0.1, 0.15) is 70.3 Å². The minimum absolute atomic E-state index is 0.0168. The van der Waals surface area contributed by atoms with Gasteiger partial charge < -0.3 is 45.0 Å². The zero-order chi connectivity index (χ0) is 39.0. The summed E-state index contributed by atoms with van der Waals surface area (Å²) in [5.41, 5.74) is 6.25. The van der Waals surface area contributed by atoms with E-state index in [1.54, 1.807) is 43.0 Å². The molecule has 1 saturated heterocycles. The minimum Gasteiger partial charge on any atom is -0.504 e. The summed E-state index contributed by atoms with van der Waals surface area (Å²) in [5, 5.41) is 18.3. The Bertz CT molecular complexity index is 1610. The van der Waals surface area contributed by atoms with Crippen molar-refractivity contribution in [3.05, 3.63) is 47.5 Å². The first-order valence-electron chi connectivity index (χ1n) is 17.2. The van der Waals surface area contributed by atoms with E-state index in [2.05, 4.69) is 49.8 Å². The number of methoxy groups -OCH3 is 1. The number of phenols is 1. The number of primary amides is 1. The smallest absolute Gasteiger partial charge is 0.411 e. The average Bonchev–Trinajstić information content (AvgIpc) is 3.54. The number of carbonyl (C=O) groups is 5. The van der Waals surface area contributed by atoms with Crippen molar-refractivity contribution in [2.45, 2.75) is 97.3 Å². The van der Waals surface area contributed by atoms with E-state index in [0.29, 0.717) is 24.4 Å². The van der Waals surface area contributed by atoms with Crippen molar-refractivity contribution in [3.63, 3.8) is 0 Å². The SMILES string of the molecule is COc1cc(C(=O)N2CCC[C@H]2CO[Si](C)(C)C(C)(C)C)c(NC(=O)OCc2ccc(NC(=O)C(C)NC(=O)C(OC(N)=O)C(C)C)cc2)cc1O. The van der Waals surface area contributed by atoms with Gasteiger partial charge in [0.15, 0.2) is 25.9 Å². The highest BCUT2D eigenvalue weighted by molar-refractivity contribution is 6.74. The van der Waals surface area contributed by atoms with Crippen molar-refractivity contribution in [2.75, 3.05) is 30.9 Å². The third-order valence-electron chi connectivity index (χ3n) is 9.32. The van der Waals surface area contributed by atoms with Crippen LogP contribution in [0.4, 0.5) is 21.0 Å². The molecule has 0 aromatic heterocycles. The van der Waals surface area contributed by atoms with E-state index in [-0.39, 0.29) is 52.3 Å². The van der Waals surface area contributed by atoms with Crippen LogP contribution in [0.25, 0.3) is 0 Å². The van der Waals surface area contributed by atoms with Gasteiger partial charge in [-0.15, -0.1) is 0 Å². The quantitative estimate of drug-likeness (QED) is 0.157. The summed E-state index contributed by atoms with van der Waals surface area (Å²) in [6.07, 6.45) is -1.52. The molecule has 0 bridgehead atoms. The first-order valence-corrected chi connectivity index (χ1v) is 20.1. The monoisotopic (exact) mass is 743 g/mol. The van der Waals surface area contributed by atoms with Crippen LogP contribution < -0.4 is 26.4 Å². The van der Waals surface area contributed by atoms with Crippen LogP contribution in [0.5, 0.6) is 11.5 Å². The molecule has 1 fully saturated rings. The molecule has 2 unspecified atom stereocenters. The van der Waals surface area contributed by atoms with Crippen LogP contribution in [0.2, 0.25) is 18.1 Å². The predicted molar refractivity (Wildman–Crippen MR) is 198 cm³/mol. The van der Waals surface area contributed by atoms with Crippen molar-refractivity contribution in [3.8, 4) is 11.5 Å². The molecule has 1 aliphatic rings. The van der Waals surface area contributed by atoms with Gasteiger partial charge in [-0.3, -0.25) is 19.7 Å². The summed E-state index contributed by atoms with van der Waals surface area (Å²) >= 11 is 0. The van der Waals surface area contributed by atoms with E-state index in [4.69, 9.17) is 24.4 Å². The third-order valence-corrected chi connectivity index (χ3v) is 13.8. The summed E-state index contributed by atoms with van der Waals surface area (Å²) in [7, 11) is -0.680. The van der Waals surface area contributed by atoms with E-state index >= 15 is 0 Å². The molecule has 5 amide bonds. The highest BCUT2D eigenvalue weighted by Gasteiger charge is 2.39. The molecule has 3 rings (SSSR count). The lowest BCUT2D eigenvalue weighted by Crippen LogP contribution is -2.49. The van der Waals surface area contributed by atoms with E-state index in [1.165, 1.54) is 26.2 Å². The molecule has 2 aromatic rings. The van der Waals surface area contributed by atoms with E-state index in [9.17, 15) is 29.1 Å². The highest BCUT2D eigenvalue weighted by Crippen LogP contribution is 2.38. The lowest BCUT2D eigenvalue weighted by atomic mass is 10.1. The van der Waals surface area contributed by atoms with E-state index < -0.39 is 44.5 Å². The number of anilines is 2. The van der Waals surface area contributed by atoms with E-state index in [1.807, 2.05) is 0 Å². The Morgan fingerprint density at radius 3 is 2.25 bits per heavy atom. The first-order chi connectivity index (χ1) is 24.2. The minimum atomic E-state index is -2.05. The van der Waals surface area contributed by atoms with Crippen molar-refractivity contribution in [2.24, 2.45) is 11.7 Å². The number of hydrogen-bond donors (Lipinski definition) is 5. The number of carbonyl (C=O) groups excluding carboxylic acids is 5. The molecular formula is C36H53N5O10Si. The zero-order valence-corrected chi connectivity index (χ0v) is 32.5. The van der Waals surface area contributed by atoms with Crippen LogP contribution in [0.3, 0.4) is 0 Å². The molecular weight excluding hydrogens is 691 g/mol. The number of aromatic hydroxyl groups is 1. The Morgan fingerprint density at radius 1 is 1.02 bits per heavy atom. The maximum absolute atomic E-state index is 13.9. The molecule has 52 heavy (non-hydrogen) atoms. The topological polar surface area (TPSA) is 208 Å². The molecule has 0 spiro atoms. The molecule has 16 heteroatoms. The summed E-state index contributed by atoms with van der Waals surface area (Å²) in [4.78, 5) is 64.9. The first kappa shape index (κ1) is 41.6. The molecule has 0 aliphatic carbocycles. The average molecular weight is 744 g/mol. The number of rotatable bonds is 14. The zero-order valence-electron chi connectivity index (χ0n) is 31.5. The van der Waals surface area contributed by atoms with Crippen LogP contribution in [-0.2, 0) is 30.1 Å². The number of likely N-dealkylation sites (tertiary alicyclic amines) is 1. The number of nitrogens with one attached hydrogen (secondary N) is 3. The van der Waals surface area contributed by atoms with E-state index in [0.717, 1.165) is 12.8 Å². The standard InChI is InChI=1S/C36H53N5O10Si/c1-21(2)30(51-34(37)46)32(44)38-22(3)31(43)39-24-14-12-23(13-15-24)19-49-35(47)40-27-18-28(42)29(48-7)17-26(27)33(45)41-16-10-11-25(41)20-50-52(8,9)36(4,5)6/h12-15,17-18,21-22,25,30,42H,10-11,16,19-20H2,1-9H3,(H2,37,46)(H,38,44)(H,39,43)(H,40,47)/t22?,25-,30?/m0/s1. The van der Waals surface area contributed by atoms with Crippen LogP contribution in [0, 0.1) is 5.92 Å². The van der Waals surface area contributed by atoms with Gasteiger partial charge in [-0.25, -0.2) is 9.59 Å². The Labute approximate surface area is 306 Å². The number of benzene rings is 2. The number of phenolic OH excluding ortho intramolecular Hbond substituents is 1. The number of hydrogen-bond acceptors (Lipinski definition) is 10. The highest BCUT2D eigenvalue weighted by atomic mass is 28.4. The van der Waals surface area contributed by atoms with Crippen LogP contribution in [-0.4, -0.2) is 86.7 Å². The van der Waals surface area contributed by atoms with Crippen molar-refractivity contribution < 1.29 is 47.7 Å². The summed E-state index contributed by atoms with van der Waals surface area (Å²) < 4.78 is 22.0. The Morgan fingerprint density at radius 2 is 1.67 bits per heavy atom. The second kappa shape index (κ2) is 17.6. The summed E-state index contributed by atoms with van der Waals surface area (Å²) in [5.74, 6) is -2.06. The maximum Gasteiger partial charge on any atom is 0.411 e. The number of ether oxygens (including phenoxy) is 3. The van der Waals surface area contributed by atoms with Crippen molar-refractivity contribution in [1.29, 1.82) is 0 Å². The number of nitrogens with two attached hydrogens (primary N) is 1. The van der Waals surface area contributed by atoms with Gasteiger partial charge in [0, 0.05) is 18.3 Å². The molecule has 0 radical (unpaired) electrons. The number of nitrogens with zero attached hydrogens (tertiary/aromatic N) is 1.